The number of aromatic nitrogens is 4. The van der Waals surface area contributed by atoms with Crippen LogP contribution < -0.4 is 20.7 Å². The molecule has 1 aliphatic heterocycles. The summed E-state index contributed by atoms with van der Waals surface area (Å²) in [5.74, 6) is 1.59. The molecule has 4 nitrogen and oxygen atoms in total. The van der Waals surface area contributed by atoms with E-state index in [1.165, 1.54) is 70.1 Å². The van der Waals surface area contributed by atoms with Gasteiger partial charge in [-0.25, -0.2) is 4.98 Å². The molecule has 0 unspecified atom stereocenters. The van der Waals surface area contributed by atoms with Crippen LogP contribution in [-0.4, -0.2) is 27.2 Å². The number of hydrogen-bond donors (Lipinski definition) is 0. The van der Waals surface area contributed by atoms with E-state index in [4.69, 9.17) is 9.97 Å². The number of para-hydroxylation sites is 4. The summed E-state index contributed by atoms with van der Waals surface area (Å²) in [5.41, 5.74) is 14.2. The highest BCUT2D eigenvalue weighted by molar-refractivity contribution is 7.22. The molecule has 5 heteroatoms. The minimum absolute atomic E-state index is 0.670. The number of rotatable bonds is 5. The first-order chi connectivity index (χ1) is 31.8. The second-order valence-electron chi connectivity index (χ2n) is 17.2. The average molecular weight is 831 g/mol. The zero-order valence-electron chi connectivity index (χ0n) is 34.8. The first-order valence-electron chi connectivity index (χ1n) is 22.1. The maximum Gasteiger partial charge on any atom is 0.237 e. The van der Waals surface area contributed by atoms with Gasteiger partial charge in [0, 0.05) is 39.1 Å². The lowest BCUT2D eigenvalue weighted by atomic mass is 9.94. The van der Waals surface area contributed by atoms with Crippen LogP contribution in [0.4, 0.5) is 0 Å². The van der Waals surface area contributed by atoms with E-state index >= 15 is 0 Å². The highest BCUT2D eigenvalue weighted by atomic mass is 28.3. The monoisotopic (exact) mass is 830 g/mol. The minimum atomic E-state index is -2.69. The molecule has 3 aromatic heterocycles. The van der Waals surface area contributed by atoms with Gasteiger partial charge in [-0.1, -0.05) is 194 Å². The van der Waals surface area contributed by atoms with Crippen molar-refractivity contribution < 1.29 is 0 Å². The van der Waals surface area contributed by atoms with Gasteiger partial charge in [0.05, 0.1) is 27.8 Å². The zero-order valence-corrected chi connectivity index (χ0v) is 35.8. The summed E-state index contributed by atoms with van der Waals surface area (Å²) >= 11 is 0. The number of fused-ring (bicyclic) bond motifs is 12. The second kappa shape index (κ2) is 13.4. The van der Waals surface area contributed by atoms with Gasteiger partial charge in [-0.2, -0.15) is 4.98 Å². The summed E-state index contributed by atoms with van der Waals surface area (Å²) < 4.78 is 4.65. The zero-order chi connectivity index (χ0) is 41.9. The lowest BCUT2D eigenvalue weighted by molar-refractivity contribution is 0.934. The molecule has 0 amide bonds. The minimum Gasteiger partial charge on any atom is -0.293 e. The molecular formula is C59H38N4Si. The van der Waals surface area contributed by atoms with Crippen LogP contribution in [0.2, 0.25) is 0 Å². The Morgan fingerprint density at radius 1 is 0.359 bits per heavy atom. The fourth-order valence-corrected chi connectivity index (χ4v) is 16.7. The SMILES string of the molecule is c1ccc([Si]2(c3ccccc3)c3ccccc3-c3ccc(-c4cccc5c4Cc4c-5nc(-n5c6ccccc6c6ccccc65)nc4-n4c5ccccc5c5ccccc54)cc32)cc1. The van der Waals surface area contributed by atoms with Crippen LogP contribution in [0.5, 0.6) is 0 Å². The number of hydrogen-bond acceptors (Lipinski definition) is 2. The molecule has 0 radical (unpaired) electrons. The lowest BCUT2D eigenvalue weighted by Gasteiger charge is -2.31. The van der Waals surface area contributed by atoms with Gasteiger partial charge in [0.15, 0.2) is 8.07 Å². The smallest absolute Gasteiger partial charge is 0.237 e. The van der Waals surface area contributed by atoms with E-state index < -0.39 is 8.07 Å². The molecule has 0 fully saturated rings. The summed E-state index contributed by atoms with van der Waals surface area (Å²) in [4.78, 5) is 11.3. The van der Waals surface area contributed by atoms with Crippen molar-refractivity contribution >= 4 is 72.4 Å². The Balaban J connectivity index is 1.03. The Hall–Kier alpha value is -8.12. The summed E-state index contributed by atoms with van der Waals surface area (Å²) in [6, 6.07) is 80.6. The van der Waals surface area contributed by atoms with Crippen LogP contribution in [0.15, 0.2) is 218 Å². The van der Waals surface area contributed by atoms with Gasteiger partial charge in [0.2, 0.25) is 5.95 Å². The van der Waals surface area contributed by atoms with Gasteiger partial charge in [-0.05, 0) is 72.8 Å². The van der Waals surface area contributed by atoms with Gasteiger partial charge in [-0.3, -0.25) is 9.13 Å². The molecule has 14 rings (SSSR count). The highest BCUT2D eigenvalue weighted by Gasteiger charge is 2.48. The van der Waals surface area contributed by atoms with Crippen LogP contribution in [0.3, 0.4) is 0 Å². The summed E-state index contributed by atoms with van der Waals surface area (Å²) in [6.45, 7) is 0. The van der Waals surface area contributed by atoms with Crippen molar-refractivity contribution in [1.29, 1.82) is 0 Å². The third-order valence-electron chi connectivity index (χ3n) is 14.1. The molecule has 0 bridgehead atoms. The predicted octanol–water partition coefficient (Wildman–Crippen LogP) is 11.3. The van der Waals surface area contributed by atoms with E-state index in [1.807, 2.05) is 0 Å². The Morgan fingerprint density at radius 3 is 1.45 bits per heavy atom. The average Bonchev–Trinajstić information content (AvgIpc) is 4.10. The van der Waals surface area contributed by atoms with E-state index in [1.54, 1.807) is 0 Å². The van der Waals surface area contributed by atoms with Crippen molar-refractivity contribution in [3.05, 3.63) is 230 Å². The maximum atomic E-state index is 5.69. The largest absolute Gasteiger partial charge is 0.293 e. The molecular weight excluding hydrogens is 793 g/mol. The van der Waals surface area contributed by atoms with Gasteiger partial charge in [0.25, 0.3) is 0 Å². The van der Waals surface area contributed by atoms with Gasteiger partial charge in [-0.15, -0.1) is 0 Å². The maximum absolute atomic E-state index is 5.69. The van der Waals surface area contributed by atoms with Gasteiger partial charge in [0.1, 0.15) is 5.82 Å². The quantitative estimate of drug-likeness (QED) is 0.162. The fraction of sp³-hybridized carbons (Fsp3) is 0.0169. The standard InChI is InChI=1S/C59H38N4Si/c1-3-18-39(19-4-1)64(40-20-5-2-6-21-40)55-33-16-11-26-46(55)47-35-34-38(36-56(47)64)41-27-17-28-48-49(41)37-50-57(48)60-59(63-53-31-14-9-24-44(53)45-25-10-15-32-54(45)63)61-58(50)62-51-29-12-7-22-42(51)43-23-8-13-30-52(43)62/h1-36H,37H2. The summed E-state index contributed by atoms with van der Waals surface area (Å²) in [6.07, 6.45) is 0.710. The lowest BCUT2D eigenvalue weighted by Crippen LogP contribution is -2.72. The van der Waals surface area contributed by atoms with Crippen molar-refractivity contribution in [2.45, 2.75) is 6.42 Å². The number of nitrogens with zero attached hydrogens (tertiary/aromatic N) is 4. The third-order valence-corrected chi connectivity index (χ3v) is 19.0. The van der Waals surface area contributed by atoms with Crippen LogP contribution in [0.25, 0.3) is 88.9 Å². The molecule has 0 spiro atoms. The van der Waals surface area contributed by atoms with Gasteiger partial charge < -0.3 is 0 Å². The Kier molecular flexibility index (Phi) is 7.45. The normalized spacial score (nSPS) is 13.4. The van der Waals surface area contributed by atoms with E-state index in [0.717, 1.165) is 44.7 Å². The van der Waals surface area contributed by atoms with E-state index in [-0.39, 0.29) is 0 Å². The molecule has 1 aliphatic carbocycles. The molecule has 2 aliphatic rings. The highest BCUT2D eigenvalue weighted by Crippen LogP contribution is 2.45. The molecule has 12 aromatic rings. The Bertz CT molecular complexity index is 3740. The van der Waals surface area contributed by atoms with Crippen LogP contribution >= 0.6 is 0 Å². The molecule has 4 heterocycles. The van der Waals surface area contributed by atoms with E-state index in [9.17, 15) is 0 Å². The summed E-state index contributed by atoms with van der Waals surface area (Å²) in [5, 5.41) is 10.5. The van der Waals surface area contributed by atoms with Crippen LogP contribution in [0, 0.1) is 0 Å². The fourth-order valence-electron chi connectivity index (χ4n) is 11.5. The molecule has 0 N–H and O–H groups in total. The second-order valence-corrected chi connectivity index (χ2v) is 20.9. The molecule has 0 saturated carbocycles. The van der Waals surface area contributed by atoms with Gasteiger partial charge >= 0.3 is 0 Å². The van der Waals surface area contributed by atoms with Crippen LogP contribution in [-0.2, 0) is 6.42 Å². The first kappa shape index (κ1) is 35.5. The van der Waals surface area contributed by atoms with Crippen molar-refractivity contribution in [2.75, 3.05) is 0 Å². The molecule has 0 saturated heterocycles. The Labute approximate surface area is 371 Å². The first-order valence-corrected chi connectivity index (χ1v) is 24.1. The topological polar surface area (TPSA) is 35.6 Å². The third kappa shape index (κ3) is 4.76. The molecule has 298 valence electrons. The number of benzene rings is 9. The van der Waals surface area contributed by atoms with E-state index in [0.29, 0.717) is 12.4 Å². The van der Waals surface area contributed by atoms with Crippen LogP contribution in [0.1, 0.15) is 11.1 Å². The molecule has 9 aromatic carbocycles. The summed E-state index contributed by atoms with van der Waals surface area (Å²) in [7, 11) is -2.69. The molecule has 0 atom stereocenters. The van der Waals surface area contributed by atoms with Crippen molar-refractivity contribution in [2.24, 2.45) is 0 Å². The van der Waals surface area contributed by atoms with E-state index in [2.05, 4.69) is 228 Å². The van der Waals surface area contributed by atoms with Crippen molar-refractivity contribution in [3.8, 4) is 45.3 Å². The van der Waals surface area contributed by atoms with Crippen molar-refractivity contribution in [3.63, 3.8) is 0 Å². The predicted molar refractivity (Wildman–Crippen MR) is 267 cm³/mol. The van der Waals surface area contributed by atoms with Crippen molar-refractivity contribution in [1.82, 2.24) is 19.1 Å². The molecule has 64 heavy (non-hydrogen) atoms. The Morgan fingerprint density at radius 2 is 0.844 bits per heavy atom.